The number of H-pyrrole nitrogens is 1. The van der Waals surface area contributed by atoms with Crippen LogP contribution in [-0.4, -0.2) is 38.9 Å². The van der Waals surface area contributed by atoms with Crippen molar-refractivity contribution in [3.05, 3.63) is 101 Å². The minimum Gasteiger partial charge on any atom is -0.493 e. The van der Waals surface area contributed by atoms with E-state index in [0.29, 0.717) is 50.7 Å². The average Bonchev–Trinajstić information content (AvgIpc) is 3.64. The first-order valence-corrected chi connectivity index (χ1v) is 13.5. The van der Waals surface area contributed by atoms with E-state index in [1.165, 1.54) is 11.8 Å². The number of fused-ring (bicyclic) bond motifs is 1. The van der Waals surface area contributed by atoms with E-state index in [4.69, 9.17) is 19.0 Å². The number of aryl methyl sites for hydroxylation is 1. The SMILES string of the molecule is COc1cccc(-c2noc(CSc3nc4c(-c5ccccc5)c[nH]c4c(=O)n3-c3ccc(C)cc3)n2)c1OC. The van der Waals surface area contributed by atoms with Crippen LogP contribution in [0.2, 0.25) is 0 Å². The van der Waals surface area contributed by atoms with Gasteiger partial charge in [0.15, 0.2) is 16.7 Å². The van der Waals surface area contributed by atoms with Gasteiger partial charge < -0.3 is 19.0 Å². The number of aromatic amines is 1. The molecule has 3 heterocycles. The van der Waals surface area contributed by atoms with Crippen molar-refractivity contribution in [2.45, 2.75) is 17.8 Å². The molecule has 0 unspecified atom stereocenters. The number of hydrogen-bond acceptors (Lipinski definition) is 8. The van der Waals surface area contributed by atoms with Gasteiger partial charge in [-0.1, -0.05) is 71.0 Å². The van der Waals surface area contributed by atoms with E-state index in [0.717, 1.165) is 22.4 Å². The van der Waals surface area contributed by atoms with E-state index in [1.807, 2.05) is 79.9 Å². The quantitative estimate of drug-likeness (QED) is 0.180. The second-order valence-electron chi connectivity index (χ2n) is 9.00. The van der Waals surface area contributed by atoms with Crippen LogP contribution in [0.1, 0.15) is 11.5 Å². The highest BCUT2D eigenvalue weighted by Crippen LogP contribution is 2.37. The molecular formula is C30H25N5O4S. The third kappa shape index (κ3) is 4.62. The second kappa shape index (κ2) is 10.7. The van der Waals surface area contributed by atoms with Crippen molar-refractivity contribution in [1.82, 2.24) is 24.7 Å². The minimum absolute atomic E-state index is 0.189. The number of ether oxygens (including phenoxy) is 2. The Morgan fingerprint density at radius 1 is 0.925 bits per heavy atom. The first-order valence-electron chi connectivity index (χ1n) is 12.5. The Balaban J connectivity index is 1.40. The molecule has 0 aliphatic heterocycles. The van der Waals surface area contributed by atoms with E-state index in [2.05, 4.69) is 15.1 Å². The van der Waals surface area contributed by atoms with Crippen molar-refractivity contribution >= 4 is 22.8 Å². The number of aromatic nitrogens is 5. The molecule has 1 N–H and O–H groups in total. The van der Waals surface area contributed by atoms with Crippen molar-refractivity contribution < 1.29 is 14.0 Å². The summed E-state index contributed by atoms with van der Waals surface area (Å²) in [5.41, 5.74) is 5.15. The van der Waals surface area contributed by atoms with Crippen LogP contribution < -0.4 is 15.0 Å². The maximum atomic E-state index is 13.8. The topological polar surface area (TPSA) is 108 Å². The van der Waals surface area contributed by atoms with Crippen LogP contribution in [0.15, 0.2) is 93.5 Å². The van der Waals surface area contributed by atoms with Gasteiger partial charge in [0.25, 0.3) is 5.56 Å². The van der Waals surface area contributed by atoms with Gasteiger partial charge in [-0.25, -0.2) is 4.98 Å². The van der Waals surface area contributed by atoms with Gasteiger partial charge in [-0.3, -0.25) is 9.36 Å². The van der Waals surface area contributed by atoms with Crippen molar-refractivity contribution in [2.24, 2.45) is 0 Å². The lowest BCUT2D eigenvalue weighted by atomic mass is 10.1. The largest absolute Gasteiger partial charge is 0.493 e. The van der Waals surface area contributed by atoms with Gasteiger partial charge in [-0.15, -0.1) is 0 Å². The molecule has 9 nitrogen and oxygen atoms in total. The monoisotopic (exact) mass is 551 g/mol. The lowest BCUT2D eigenvalue weighted by Gasteiger charge is -2.12. The van der Waals surface area contributed by atoms with E-state index >= 15 is 0 Å². The van der Waals surface area contributed by atoms with Gasteiger partial charge in [0.1, 0.15) is 11.0 Å². The van der Waals surface area contributed by atoms with Gasteiger partial charge in [0.05, 0.1) is 31.2 Å². The van der Waals surface area contributed by atoms with Crippen LogP contribution in [-0.2, 0) is 5.75 Å². The molecule has 3 aromatic carbocycles. The van der Waals surface area contributed by atoms with Crippen molar-refractivity contribution in [3.8, 4) is 39.7 Å². The summed E-state index contributed by atoms with van der Waals surface area (Å²) in [5.74, 6) is 2.15. The number of nitrogens with zero attached hydrogens (tertiary/aromatic N) is 4. The highest BCUT2D eigenvalue weighted by molar-refractivity contribution is 7.98. The van der Waals surface area contributed by atoms with Crippen LogP contribution in [0.4, 0.5) is 0 Å². The van der Waals surface area contributed by atoms with Crippen LogP contribution in [0, 0.1) is 6.92 Å². The lowest BCUT2D eigenvalue weighted by molar-refractivity contribution is 0.355. The molecule has 0 fully saturated rings. The third-order valence-corrected chi connectivity index (χ3v) is 7.41. The van der Waals surface area contributed by atoms with Crippen LogP contribution in [0.5, 0.6) is 11.5 Å². The molecule has 0 aliphatic carbocycles. The number of nitrogens with one attached hydrogen (secondary N) is 1. The Labute approximate surface area is 233 Å². The summed E-state index contributed by atoms with van der Waals surface area (Å²) in [7, 11) is 3.14. The normalized spacial score (nSPS) is 11.2. The maximum Gasteiger partial charge on any atom is 0.283 e. The molecule has 10 heteroatoms. The van der Waals surface area contributed by atoms with E-state index in [1.54, 1.807) is 24.9 Å². The number of benzene rings is 3. The fourth-order valence-electron chi connectivity index (χ4n) is 4.51. The summed E-state index contributed by atoms with van der Waals surface area (Å²) in [6, 6.07) is 23.1. The number of hydrogen-bond donors (Lipinski definition) is 1. The molecule has 0 aliphatic rings. The predicted molar refractivity (Wildman–Crippen MR) is 154 cm³/mol. The fourth-order valence-corrected chi connectivity index (χ4v) is 5.35. The number of methoxy groups -OCH3 is 2. The molecule has 40 heavy (non-hydrogen) atoms. The summed E-state index contributed by atoms with van der Waals surface area (Å²) in [5, 5.41) is 4.67. The van der Waals surface area contributed by atoms with E-state index < -0.39 is 0 Å². The standard InChI is InChI=1S/C30H25N5O4S/c1-18-12-14-20(15-13-18)35-29(36)26-25(22(16-31-26)19-8-5-4-6-9-19)33-30(35)40-17-24-32-28(34-39-24)21-10-7-11-23(37-2)27(21)38-3/h4-16,31H,17H2,1-3H3. The zero-order valence-corrected chi connectivity index (χ0v) is 22.9. The Hall–Kier alpha value is -4.83. The molecule has 0 spiro atoms. The molecule has 0 atom stereocenters. The summed E-state index contributed by atoms with van der Waals surface area (Å²) < 4.78 is 18.1. The molecule has 0 amide bonds. The van der Waals surface area contributed by atoms with Gasteiger partial charge in [0, 0.05) is 11.8 Å². The molecule has 200 valence electrons. The van der Waals surface area contributed by atoms with E-state index in [9.17, 15) is 4.79 Å². The molecule has 0 saturated carbocycles. The molecule has 6 rings (SSSR count). The first kappa shape index (κ1) is 25.4. The first-order chi connectivity index (χ1) is 19.6. The zero-order valence-electron chi connectivity index (χ0n) is 22.0. The molecule has 0 radical (unpaired) electrons. The highest BCUT2D eigenvalue weighted by Gasteiger charge is 2.20. The molecular weight excluding hydrogens is 526 g/mol. The van der Waals surface area contributed by atoms with Crippen LogP contribution >= 0.6 is 11.8 Å². The molecule has 0 saturated heterocycles. The zero-order chi connectivity index (χ0) is 27.6. The fraction of sp³-hybridized carbons (Fsp3) is 0.133. The summed E-state index contributed by atoms with van der Waals surface area (Å²) in [6.07, 6.45) is 1.83. The Morgan fingerprint density at radius 3 is 2.48 bits per heavy atom. The predicted octanol–water partition coefficient (Wildman–Crippen LogP) is 6.05. The Morgan fingerprint density at radius 2 is 1.73 bits per heavy atom. The van der Waals surface area contributed by atoms with Crippen molar-refractivity contribution in [3.63, 3.8) is 0 Å². The smallest absolute Gasteiger partial charge is 0.283 e. The van der Waals surface area contributed by atoms with E-state index in [-0.39, 0.29) is 5.56 Å². The maximum absolute atomic E-state index is 13.8. The van der Waals surface area contributed by atoms with Crippen LogP contribution in [0.3, 0.4) is 0 Å². The molecule has 3 aromatic heterocycles. The number of thioether (sulfide) groups is 1. The van der Waals surface area contributed by atoms with Crippen molar-refractivity contribution in [1.29, 1.82) is 0 Å². The highest BCUT2D eigenvalue weighted by atomic mass is 32.2. The summed E-state index contributed by atoms with van der Waals surface area (Å²) in [4.78, 5) is 26.5. The number of para-hydroxylation sites is 1. The van der Waals surface area contributed by atoms with Gasteiger partial charge in [-0.05, 0) is 36.8 Å². The molecule has 0 bridgehead atoms. The van der Waals surface area contributed by atoms with Gasteiger partial charge in [0.2, 0.25) is 11.7 Å². The van der Waals surface area contributed by atoms with Gasteiger partial charge in [-0.2, -0.15) is 4.98 Å². The van der Waals surface area contributed by atoms with Gasteiger partial charge >= 0.3 is 0 Å². The minimum atomic E-state index is -0.189. The van der Waals surface area contributed by atoms with Crippen LogP contribution in [0.25, 0.3) is 39.2 Å². The average molecular weight is 552 g/mol. The number of rotatable bonds is 8. The Kier molecular flexibility index (Phi) is 6.83. The summed E-state index contributed by atoms with van der Waals surface area (Å²) >= 11 is 1.35. The second-order valence-corrected chi connectivity index (χ2v) is 9.95. The Bertz CT molecular complexity index is 1860. The third-order valence-electron chi connectivity index (χ3n) is 6.48. The van der Waals surface area contributed by atoms with Crippen molar-refractivity contribution in [2.75, 3.05) is 14.2 Å². The molecule has 6 aromatic rings. The summed E-state index contributed by atoms with van der Waals surface area (Å²) in [6.45, 7) is 2.01. The lowest BCUT2D eigenvalue weighted by Crippen LogP contribution is -2.21.